The van der Waals surface area contributed by atoms with E-state index in [2.05, 4.69) is 14.8 Å². The fraction of sp³-hybridized carbons (Fsp3) is 0.393. The number of carboxylic acids is 2. The van der Waals surface area contributed by atoms with Crippen molar-refractivity contribution in [1.82, 2.24) is 9.80 Å². The fourth-order valence-electron chi connectivity index (χ4n) is 3.94. The molecule has 8 nitrogen and oxygen atoms in total. The number of hydrogen-bond donors (Lipinski definition) is 2. The topological polar surface area (TPSA) is 103 Å². The van der Waals surface area contributed by atoms with Crippen molar-refractivity contribution in [2.24, 2.45) is 4.99 Å². The number of carboxylic acid groups (broad SMARTS) is 2. The Labute approximate surface area is 236 Å². The second kappa shape index (κ2) is 17.2. The van der Waals surface area contributed by atoms with E-state index in [0.29, 0.717) is 36.2 Å². The number of aliphatic carboxylic acids is 2. The van der Waals surface area contributed by atoms with E-state index < -0.39 is 23.6 Å². The van der Waals surface area contributed by atoms with Crippen molar-refractivity contribution < 1.29 is 37.7 Å². The highest BCUT2D eigenvalue weighted by atomic mass is 32.2. The van der Waals surface area contributed by atoms with Crippen molar-refractivity contribution in [3.8, 4) is 5.75 Å². The van der Waals surface area contributed by atoms with Crippen LogP contribution in [-0.2, 0) is 9.59 Å². The van der Waals surface area contributed by atoms with Crippen molar-refractivity contribution in [2.75, 3.05) is 39.5 Å². The van der Waals surface area contributed by atoms with E-state index >= 15 is 0 Å². The van der Waals surface area contributed by atoms with Gasteiger partial charge in [0.2, 0.25) is 0 Å². The van der Waals surface area contributed by atoms with Gasteiger partial charge in [0.15, 0.2) is 16.8 Å². The minimum atomic E-state index is -1.26. The number of unbranched alkanes of at least 4 members (excludes halogenated alkanes) is 1. The average molecular weight is 582 g/mol. The molecule has 2 aromatic rings. The molecule has 0 spiro atoms. The molecule has 1 fully saturated rings. The highest BCUT2D eigenvalue weighted by molar-refractivity contribution is 8.13. The second-order valence-electron chi connectivity index (χ2n) is 8.87. The lowest BCUT2D eigenvalue weighted by Crippen LogP contribution is -2.45. The van der Waals surface area contributed by atoms with Gasteiger partial charge < -0.3 is 24.7 Å². The summed E-state index contributed by atoms with van der Waals surface area (Å²) in [5, 5.41) is 16.4. The summed E-state index contributed by atoms with van der Waals surface area (Å²) in [6.45, 7) is 3.46. The quantitative estimate of drug-likeness (QED) is 0.166. The molecule has 0 amide bonds. The second-order valence-corrected chi connectivity index (χ2v) is 9.65. The SMILES string of the molecule is CSC(=Nc1ccccc1F)N(C)C1CCN(CCCCOc2ccc(F)c(F)c2)CC1.O=C(O)/C=C/C(=O)O. The van der Waals surface area contributed by atoms with E-state index in [1.807, 2.05) is 13.3 Å². The van der Waals surface area contributed by atoms with Gasteiger partial charge in [-0.2, -0.15) is 0 Å². The minimum absolute atomic E-state index is 0.309. The van der Waals surface area contributed by atoms with Crippen molar-refractivity contribution >= 4 is 34.6 Å². The van der Waals surface area contributed by atoms with Crippen molar-refractivity contribution in [3.05, 3.63) is 72.1 Å². The van der Waals surface area contributed by atoms with Gasteiger partial charge in [0.25, 0.3) is 0 Å². The Kier molecular flexibility index (Phi) is 14.1. The van der Waals surface area contributed by atoms with Crippen LogP contribution in [0.5, 0.6) is 5.75 Å². The van der Waals surface area contributed by atoms with E-state index in [-0.39, 0.29) is 5.82 Å². The Morgan fingerprint density at radius 1 is 1.02 bits per heavy atom. The molecule has 0 bridgehead atoms. The van der Waals surface area contributed by atoms with Crippen molar-refractivity contribution in [3.63, 3.8) is 0 Å². The highest BCUT2D eigenvalue weighted by Crippen LogP contribution is 2.23. The fourth-order valence-corrected chi connectivity index (χ4v) is 4.56. The summed E-state index contributed by atoms with van der Waals surface area (Å²) >= 11 is 1.53. The van der Waals surface area contributed by atoms with Crippen LogP contribution in [0.4, 0.5) is 18.9 Å². The van der Waals surface area contributed by atoms with Crippen LogP contribution in [0.2, 0.25) is 0 Å². The first-order valence-electron chi connectivity index (χ1n) is 12.6. The standard InChI is InChI=1S/C24H30F3N3OS.C4H4O4/c1-29(24(32-2)28-23-8-4-3-7-21(23)26)18-11-14-30(15-12-18)13-5-6-16-31-19-9-10-20(25)22(27)17-19;5-3(6)1-2-4(7)8/h3-4,7-10,17-18H,5-6,11-16H2,1-2H3;1-2H,(H,5,6)(H,7,8)/b;2-1+. The van der Waals surface area contributed by atoms with Crippen LogP contribution in [0.25, 0.3) is 0 Å². The number of piperidine rings is 1. The molecule has 1 saturated heterocycles. The van der Waals surface area contributed by atoms with Crippen LogP contribution in [0.1, 0.15) is 25.7 Å². The zero-order chi connectivity index (χ0) is 29.5. The minimum Gasteiger partial charge on any atom is -0.493 e. The number of nitrogens with zero attached hydrogens (tertiary/aromatic N) is 3. The van der Waals surface area contributed by atoms with Gasteiger partial charge in [0.1, 0.15) is 17.3 Å². The molecule has 0 aliphatic carbocycles. The smallest absolute Gasteiger partial charge is 0.328 e. The third-order valence-electron chi connectivity index (χ3n) is 6.05. The van der Waals surface area contributed by atoms with Crippen molar-refractivity contribution in [2.45, 2.75) is 31.7 Å². The maximum absolute atomic E-state index is 14.0. The summed E-state index contributed by atoms with van der Waals surface area (Å²) in [5.41, 5.74) is 0.367. The van der Waals surface area contributed by atoms with E-state index in [1.54, 1.807) is 18.2 Å². The molecule has 0 unspecified atom stereocenters. The highest BCUT2D eigenvalue weighted by Gasteiger charge is 2.24. The first-order valence-corrected chi connectivity index (χ1v) is 13.9. The number of ether oxygens (including phenoxy) is 1. The van der Waals surface area contributed by atoms with Gasteiger partial charge in [-0.25, -0.2) is 27.8 Å². The molecule has 0 saturated carbocycles. The number of thioether (sulfide) groups is 1. The Hall–Kier alpha value is -3.51. The Balaban J connectivity index is 0.000000611. The number of aliphatic imine (C=N–C) groups is 1. The van der Waals surface area contributed by atoms with E-state index in [4.69, 9.17) is 14.9 Å². The molecule has 218 valence electrons. The molecule has 0 radical (unpaired) electrons. The molecular weight excluding hydrogens is 547 g/mol. The number of likely N-dealkylation sites (tertiary alicyclic amines) is 1. The van der Waals surface area contributed by atoms with Gasteiger partial charge >= 0.3 is 11.9 Å². The van der Waals surface area contributed by atoms with E-state index in [1.165, 1.54) is 23.9 Å². The van der Waals surface area contributed by atoms with Crippen LogP contribution >= 0.6 is 11.8 Å². The maximum Gasteiger partial charge on any atom is 0.328 e. The number of halogens is 3. The first kappa shape index (κ1) is 32.7. The third kappa shape index (κ3) is 11.7. The molecular formula is C28H34F3N3O5S. The summed E-state index contributed by atoms with van der Waals surface area (Å²) in [6.07, 6.45) is 6.97. The predicted octanol–water partition coefficient (Wildman–Crippen LogP) is 5.42. The summed E-state index contributed by atoms with van der Waals surface area (Å²) in [7, 11) is 2.03. The van der Waals surface area contributed by atoms with Gasteiger partial charge in [-0.15, -0.1) is 0 Å². The van der Waals surface area contributed by atoms with Crippen LogP contribution in [0.3, 0.4) is 0 Å². The normalized spacial score (nSPS) is 14.5. The van der Waals surface area contributed by atoms with Crippen LogP contribution in [0, 0.1) is 17.5 Å². The largest absolute Gasteiger partial charge is 0.493 e. The maximum atomic E-state index is 14.0. The summed E-state index contributed by atoms with van der Waals surface area (Å²) in [4.78, 5) is 28.3. The Morgan fingerprint density at radius 3 is 2.25 bits per heavy atom. The molecule has 0 aromatic heterocycles. The van der Waals surface area contributed by atoms with Gasteiger partial charge in [0.05, 0.1) is 6.61 Å². The monoisotopic (exact) mass is 581 g/mol. The molecule has 0 atom stereocenters. The number of carbonyl (C=O) groups is 2. The molecule has 1 aliphatic heterocycles. The van der Waals surface area contributed by atoms with Gasteiger partial charge in [-0.1, -0.05) is 23.9 Å². The third-order valence-corrected chi connectivity index (χ3v) is 6.80. The molecule has 1 aliphatic rings. The number of amidine groups is 1. The summed E-state index contributed by atoms with van der Waals surface area (Å²) in [6, 6.07) is 10.6. The van der Waals surface area contributed by atoms with Crippen LogP contribution in [-0.4, -0.2) is 82.7 Å². The van der Waals surface area contributed by atoms with Crippen LogP contribution in [0.15, 0.2) is 59.6 Å². The van der Waals surface area contributed by atoms with Crippen molar-refractivity contribution in [1.29, 1.82) is 0 Å². The lowest BCUT2D eigenvalue weighted by atomic mass is 10.0. The number of rotatable bonds is 10. The molecule has 2 N–H and O–H groups in total. The molecule has 2 aromatic carbocycles. The Bertz CT molecular complexity index is 1160. The average Bonchev–Trinajstić information content (AvgIpc) is 2.93. The first-order chi connectivity index (χ1) is 19.1. The van der Waals surface area contributed by atoms with E-state index in [9.17, 15) is 22.8 Å². The van der Waals surface area contributed by atoms with E-state index in [0.717, 1.165) is 62.6 Å². The van der Waals surface area contributed by atoms with Gasteiger partial charge in [-0.3, -0.25) is 0 Å². The molecule has 12 heteroatoms. The predicted molar refractivity (Wildman–Crippen MR) is 150 cm³/mol. The lowest BCUT2D eigenvalue weighted by molar-refractivity contribution is -0.134. The van der Waals surface area contributed by atoms with Gasteiger partial charge in [-0.05, 0) is 62.7 Å². The zero-order valence-electron chi connectivity index (χ0n) is 22.4. The van der Waals surface area contributed by atoms with Gasteiger partial charge in [0, 0.05) is 44.4 Å². The lowest BCUT2D eigenvalue weighted by Gasteiger charge is -2.37. The molecule has 40 heavy (non-hydrogen) atoms. The molecule has 1 heterocycles. The number of hydrogen-bond acceptors (Lipinski definition) is 6. The zero-order valence-corrected chi connectivity index (χ0v) is 23.2. The number of benzene rings is 2. The number of para-hydroxylation sites is 1. The summed E-state index contributed by atoms with van der Waals surface area (Å²) < 4.78 is 45.6. The van der Waals surface area contributed by atoms with Crippen LogP contribution < -0.4 is 4.74 Å². The summed E-state index contributed by atoms with van der Waals surface area (Å²) in [5.74, 6) is -4.22. The Morgan fingerprint density at radius 2 is 1.68 bits per heavy atom. The molecule has 3 rings (SSSR count).